The van der Waals surface area contributed by atoms with Crippen LogP contribution in [0.15, 0.2) is 48.7 Å². The lowest BCUT2D eigenvalue weighted by Gasteiger charge is -2.17. The van der Waals surface area contributed by atoms with Crippen molar-refractivity contribution in [2.75, 3.05) is 11.9 Å². The molecule has 2 aromatic heterocycles. The molecule has 0 aliphatic carbocycles. The van der Waals surface area contributed by atoms with E-state index >= 15 is 0 Å². The molecule has 4 aromatic rings. The minimum absolute atomic E-state index is 0.100. The lowest BCUT2D eigenvalue weighted by molar-refractivity contribution is 0.0641. The first kappa shape index (κ1) is 28.1. The predicted molar refractivity (Wildman–Crippen MR) is 139 cm³/mol. The van der Waals surface area contributed by atoms with Crippen LogP contribution in [0.25, 0.3) is 11.1 Å². The summed E-state index contributed by atoms with van der Waals surface area (Å²) < 4.78 is 45.9. The van der Waals surface area contributed by atoms with E-state index in [4.69, 9.17) is 16.3 Å². The van der Waals surface area contributed by atoms with Gasteiger partial charge in [-0.15, -0.1) is 10.2 Å². The van der Waals surface area contributed by atoms with E-state index in [1.807, 2.05) is 0 Å². The monoisotopic (exact) mass is 559 g/mol. The Balaban J connectivity index is 1.43. The number of aromatic nitrogens is 4. The number of ether oxygens (including phenoxy) is 1. The van der Waals surface area contributed by atoms with Crippen molar-refractivity contribution in [3.63, 3.8) is 0 Å². The predicted octanol–water partition coefficient (Wildman–Crippen LogP) is 5.71. The quantitative estimate of drug-likeness (QED) is 0.169. The van der Waals surface area contributed by atoms with Crippen LogP contribution in [0.4, 0.5) is 19.0 Å². The maximum atomic E-state index is 13.5. The van der Waals surface area contributed by atoms with Crippen molar-refractivity contribution in [3.8, 4) is 16.9 Å². The summed E-state index contributed by atoms with van der Waals surface area (Å²) in [6, 6.07) is 10.3. The second-order valence-electron chi connectivity index (χ2n) is 9.46. The molecule has 0 saturated carbocycles. The minimum Gasteiger partial charge on any atom is -0.494 e. The van der Waals surface area contributed by atoms with Crippen LogP contribution in [0, 0.1) is 17.5 Å². The summed E-state index contributed by atoms with van der Waals surface area (Å²) in [5.74, 6) is -4.04. The molecule has 39 heavy (non-hydrogen) atoms. The van der Waals surface area contributed by atoms with E-state index in [1.165, 1.54) is 6.20 Å². The number of amides is 1. The van der Waals surface area contributed by atoms with Gasteiger partial charge in [0.25, 0.3) is 5.91 Å². The molecule has 0 aliphatic heterocycles. The van der Waals surface area contributed by atoms with Gasteiger partial charge < -0.3 is 20.1 Å². The van der Waals surface area contributed by atoms with Crippen molar-refractivity contribution < 1.29 is 27.8 Å². The number of H-pyrrole nitrogens is 1. The number of hydrogen-bond acceptors (Lipinski definition) is 6. The van der Waals surface area contributed by atoms with Gasteiger partial charge in [0.05, 0.1) is 12.2 Å². The van der Waals surface area contributed by atoms with Crippen molar-refractivity contribution in [2.45, 2.75) is 38.7 Å². The molecule has 0 aliphatic rings. The molecular weight excluding hydrogens is 535 g/mol. The zero-order valence-corrected chi connectivity index (χ0v) is 21.8. The summed E-state index contributed by atoms with van der Waals surface area (Å²) in [7, 11) is 0. The fraction of sp³-hybridized carbons (Fsp3) is 0.259. The van der Waals surface area contributed by atoms with E-state index in [2.05, 4.69) is 25.5 Å². The number of aliphatic hydroxyl groups is 1. The minimum atomic E-state index is -1.56. The SMILES string of the molecule is CC(C)(O)CCCOc1ccc(Cl)c(-c2ccnc(NC(=O)c3nnc(Cc4cc(F)c(F)c(F)c4)[nH]3)c2)c1. The average molecular weight is 560 g/mol. The number of nitrogens with one attached hydrogen (secondary N) is 2. The molecule has 0 atom stereocenters. The number of halogens is 4. The first-order chi connectivity index (χ1) is 18.5. The molecule has 0 saturated heterocycles. The number of carbonyl (C=O) groups is 1. The van der Waals surface area contributed by atoms with E-state index in [1.54, 1.807) is 44.2 Å². The lowest BCUT2D eigenvalue weighted by Crippen LogP contribution is -2.19. The number of hydrogen-bond donors (Lipinski definition) is 3. The number of carbonyl (C=O) groups excluding carboxylic acids is 1. The highest BCUT2D eigenvalue weighted by molar-refractivity contribution is 6.33. The van der Waals surface area contributed by atoms with Gasteiger partial charge in [0.1, 0.15) is 17.4 Å². The van der Waals surface area contributed by atoms with Crippen molar-refractivity contribution in [2.24, 2.45) is 0 Å². The zero-order valence-electron chi connectivity index (χ0n) is 21.1. The Hall–Kier alpha value is -3.96. The number of nitrogens with zero attached hydrogens (tertiary/aromatic N) is 3. The summed E-state index contributed by atoms with van der Waals surface area (Å²) >= 11 is 6.42. The van der Waals surface area contributed by atoms with Gasteiger partial charge in [-0.25, -0.2) is 18.2 Å². The molecule has 204 valence electrons. The Bertz CT molecular complexity index is 1470. The largest absolute Gasteiger partial charge is 0.494 e. The normalized spacial score (nSPS) is 11.5. The molecule has 0 radical (unpaired) electrons. The second kappa shape index (κ2) is 11.8. The van der Waals surface area contributed by atoms with Crippen LogP contribution in [0.3, 0.4) is 0 Å². The molecule has 12 heteroatoms. The molecule has 0 bridgehead atoms. The van der Waals surface area contributed by atoms with Gasteiger partial charge >= 0.3 is 0 Å². The molecule has 8 nitrogen and oxygen atoms in total. The topological polar surface area (TPSA) is 113 Å². The third-order valence-electron chi connectivity index (χ3n) is 5.62. The van der Waals surface area contributed by atoms with Crippen molar-refractivity contribution in [1.29, 1.82) is 0 Å². The van der Waals surface area contributed by atoms with E-state index in [0.717, 1.165) is 12.1 Å². The molecule has 3 N–H and O–H groups in total. The summed E-state index contributed by atoms with van der Waals surface area (Å²) in [5, 5.41) is 20.5. The van der Waals surface area contributed by atoms with Gasteiger partial charge in [-0.1, -0.05) is 11.6 Å². The van der Waals surface area contributed by atoms with Crippen LogP contribution < -0.4 is 10.1 Å². The average Bonchev–Trinajstić information content (AvgIpc) is 3.34. The number of anilines is 1. The fourth-order valence-electron chi connectivity index (χ4n) is 3.73. The maximum Gasteiger partial charge on any atom is 0.294 e. The van der Waals surface area contributed by atoms with Crippen LogP contribution in [0.2, 0.25) is 5.02 Å². The van der Waals surface area contributed by atoms with Crippen LogP contribution in [-0.2, 0) is 6.42 Å². The fourth-order valence-corrected chi connectivity index (χ4v) is 3.96. The Morgan fingerprint density at radius 3 is 2.56 bits per heavy atom. The second-order valence-corrected chi connectivity index (χ2v) is 9.87. The third kappa shape index (κ3) is 7.55. The van der Waals surface area contributed by atoms with Gasteiger partial charge in [-0.2, -0.15) is 0 Å². The first-order valence-corrected chi connectivity index (χ1v) is 12.3. The summed E-state index contributed by atoms with van der Waals surface area (Å²) in [6.45, 7) is 3.91. The summed E-state index contributed by atoms with van der Waals surface area (Å²) in [5.41, 5.74) is 0.687. The van der Waals surface area contributed by atoms with Gasteiger partial charge in [-0.3, -0.25) is 4.79 Å². The third-order valence-corrected chi connectivity index (χ3v) is 5.95. The molecule has 2 aromatic carbocycles. The molecule has 1 amide bonds. The maximum absolute atomic E-state index is 13.5. The highest BCUT2D eigenvalue weighted by Gasteiger charge is 2.17. The van der Waals surface area contributed by atoms with E-state index < -0.39 is 29.0 Å². The van der Waals surface area contributed by atoms with Crippen molar-refractivity contribution >= 4 is 23.3 Å². The van der Waals surface area contributed by atoms with Gasteiger partial charge in [0.15, 0.2) is 17.5 Å². The Kier molecular flexibility index (Phi) is 8.51. The number of rotatable bonds is 10. The van der Waals surface area contributed by atoms with E-state index in [9.17, 15) is 23.1 Å². The van der Waals surface area contributed by atoms with Gasteiger partial charge in [0.2, 0.25) is 5.82 Å². The Morgan fingerprint density at radius 2 is 1.85 bits per heavy atom. The number of pyridine rings is 1. The number of benzene rings is 2. The molecule has 0 spiro atoms. The molecule has 2 heterocycles. The van der Waals surface area contributed by atoms with Gasteiger partial charge in [-0.05, 0) is 80.3 Å². The van der Waals surface area contributed by atoms with Crippen LogP contribution in [-0.4, -0.2) is 43.4 Å². The standard InChI is InChI=1S/C27H25ClF3N5O3/c1-27(2,38)7-3-9-39-17-4-5-19(28)18(14-17)16-6-8-32-22(13-16)34-26(37)25-33-23(35-36-25)12-15-10-20(29)24(31)21(30)11-15/h4-6,8,10-11,13-14,38H,3,7,9,12H2,1-2H3,(H,32,34,37)(H,33,35,36). The summed E-state index contributed by atoms with van der Waals surface area (Å²) in [4.78, 5) is 19.5. The summed E-state index contributed by atoms with van der Waals surface area (Å²) in [6.07, 6.45) is 2.67. The van der Waals surface area contributed by atoms with Crippen LogP contribution >= 0.6 is 11.6 Å². The van der Waals surface area contributed by atoms with Gasteiger partial charge in [0, 0.05) is 23.2 Å². The Labute approximate surface area is 227 Å². The molecular formula is C27H25ClF3N5O3. The number of aromatic amines is 1. The van der Waals surface area contributed by atoms with E-state index in [-0.39, 0.29) is 29.5 Å². The Morgan fingerprint density at radius 1 is 1.10 bits per heavy atom. The highest BCUT2D eigenvalue weighted by atomic mass is 35.5. The highest BCUT2D eigenvalue weighted by Crippen LogP contribution is 2.32. The molecule has 0 unspecified atom stereocenters. The smallest absolute Gasteiger partial charge is 0.294 e. The van der Waals surface area contributed by atoms with Crippen LogP contribution in [0.5, 0.6) is 5.75 Å². The van der Waals surface area contributed by atoms with Crippen molar-refractivity contribution in [1.82, 2.24) is 20.2 Å². The van der Waals surface area contributed by atoms with Crippen molar-refractivity contribution in [3.05, 3.63) is 88.3 Å². The molecule has 4 rings (SSSR count). The lowest BCUT2D eigenvalue weighted by atomic mass is 10.0. The van der Waals surface area contributed by atoms with E-state index in [0.29, 0.717) is 41.3 Å². The molecule has 0 fully saturated rings. The zero-order chi connectivity index (χ0) is 28.2. The first-order valence-electron chi connectivity index (χ1n) is 12.0. The van der Waals surface area contributed by atoms with Crippen LogP contribution in [0.1, 0.15) is 48.7 Å².